The standard InChI is InChI=1S/C25H23FN2O4/c26-20-10-6-19(7-11-20)25(31)27-21-12-8-18(9-13-21)24(30)22-15-32-16-23(29)28(22)14-17-4-2-1-3-5-17/h1-13,22,24,30H,14-16H2,(H,27,31). The van der Waals surface area contributed by atoms with Crippen LogP contribution in [0.3, 0.4) is 0 Å². The molecule has 2 atom stereocenters. The molecule has 1 fully saturated rings. The highest BCUT2D eigenvalue weighted by Gasteiger charge is 2.34. The van der Waals surface area contributed by atoms with Gasteiger partial charge in [-0.25, -0.2) is 4.39 Å². The van der Waals surface area contributed by atoms with Gasteiger partial charge in [-0.3, -0.25) is 9.59 Å². The van der Waals surface area contributed by atoms with Crippen molar-refractivity contribution in [1.82, 2.24) is 4.90 Å². The Kier molecular flexibility index (Phi) is 6.58. The summed E-state index contributed by atoms with van der Waals surface area (Å²) in [4.78, 5) is 26.4. The van der Waals surface area contributed by atoms with E-state index in [4.69, 9.17) is 4.74 Å². The summed E-state index contributed by atoms with van der Waals surface area (Å²) in [5.41, 5.74) is 2.45. The van der Waals surface area contributed by atoms with E-state index in [9.17, 15) is 19.1 Å². The van der Waals surface area contributed by atoms with Gasteiger partial charge < -0.3 is 20.1 Å². The average molecular weight is 434 g/mol. The molecule has 1 aliphatic rings. The summed E-state index contributed by atoms with van der Waals surface area (Å²) in [5, 5.41) is 13.7. The van der Waals surface area contributed by atoms with E-state index in [1.807, 2.05) is 30.3 Å². The highest BCUT2D eigenvalue weighted by Crippen LogP contribution is 2.27. The van der Waals surface area contributed by atoms with Gasteiger partial charge in [-0.05, 0) is 47.5 Å². The van der Waals surface area contributed by atoms with Crippen molar-refractivity contribution in [3.63, 3.8) is 0 Å². The number of benzene rings is 3. The third kappa shape index (κ3) is 5.01. The van der Waals surface area contributed by atoms with Crippen LogP contribution in [0.5, 0.6) is 0 Å². The zero-order chi connectivity index (χ0) is 22.5. The van der Waals surface area contributed by atoms with Gasteiger partial charge in [0.25, 0.3) is 5.91 Å². The van der Waals surface area contributed by atoms with Crippen LogP contribution < -0.4 is 5.32 Å². The zero-order valence-electron chi connectivity index (χ0n) is 17.3. The van der Waals surface area contributed by atoms with Gasteiger partial charge in [0, 0.05) is 17.8 Å². The number of hydrogen-bond acceptors (Lipinski definition) is 4. The molecule has 2 unspecified atom stereocenters. The maximum atomic E-state index is 13.0. The van der Waals surface area contributed by atoms with Crippen molar-refractivity contribution in [2.45, 2.75) is 18.7 Å². The lowest BCUT2D eigenvalue weighted by molar-refractivity contribution is -0.155. The molecule has 1 aliphatic heterocycles. The fraction of sp³-hybridized carbons (Fsp3) is 0.200. The first-order valence-corrected chi connectivity index (χ1v) is 10.3. The predicted molar refractivity (Wildman–Crippen MR) is 117 cm³/mol. The number of anilines is 1. The quantitative estimate of drug-likeness (QED) is 0.622. The highest BCUT2D eigenvalue weighted by molar-refractivity contribution is 6.04. The Bertz CT molecular complexity index is 1070. The molecule has 1 saturated heterocycles. The highest BCUT2D eigenvalue weighted by atomic mass is 19.1. The Labute approximate surface area is 185 Å². The lowest BCUT2D eigenvalue weighted by Crippen LogP contribution is -2.51. The molecule has 0 radical (unpaired) electrons. The molecule has 4 rings (SSSR count). The molecule has 0 aromatic heterocycles. The van der Waals surface area contributed by atoms with E-state index in [1.54, 1.807) is 29.2 Å². The Morgan fingerprint density at radius 1 is 1.06 bits per heavy atom. The van der Waals surface area contributed by atoms with Gasteiger partial charge in [0.2, 0.25) is 5.91 Å². The summed E-state index contributed by atoms with van der Waals surface area (Å²) in [6, 6.07) is 21.1. The Hall–Kier alpha value is -3.55. The second kappa shape index (κ2) is 9.72. The van der Waals surface area contributed by atoms with Crippen LogP contribution in [0.2, 0.25) is 0 Å². The first kappa shape index (κ1) is 21.7. The molecule has 2 amide bonds. The lowest BCUT2D eigenvalue weighted by Gasteiger charge is -2.38. The predicted octanol–water partition coefficient (Wildman–Crippen LogP) is 3.54. The molecular formula is C25H23FN2O4. The third-order valence-corrected chi connectivity index (χ3v) is 5.41. The summed E-state index contributed by atoms with van der Waals surface area (Å²) in [6.07, 6.45) is -0.954. The van der Waals surface area contributed by atoms with E-state index in [0.717, 1.165) is 5.56 Å². The zero-order valence-corrected chi connectivity index (χ0v) is 17.3. The number of nitrogens with one attached hydrogen (secondary N) is 1. The van der Waals surface area contributed by atoms with Crippen LogP contribution in [0.25, 0.3) is 0 Å². The SMILES string of the molecule is O=C(Nc1ccc(C(O)C2COCC(=O)N2Cc2ccccc2)cc1)c1ccc(F)cc1. The number of carbonyl (C=O) groups excluding carboxylic acids is 2. The maximum Gasteiger partial charge on any atom is 0.255 e. The normalized spacial score (nSPS) is 17.1. The molecule has 0 spiro atoms. The van der Waals surface area contributed by atoms with E-state index in [2.05, 4.69) is 5.32 Å². The first-order chi connectivity index (χ1) is 15.5. The molecule has 0 aliphatic carbocycles. The maximum absolute atomic E-state index is 13.0. The molecule has 164 valence electrons. The van der Waals surface area contributed by atoms with Crippen LogP contribution >= 0.6 is 0 Å². The molecular weight excluding hydrogens is 411 g/mol. The molecule has 0 bridgehead atoms. The van der Waals surface area contributed by atoms with E-state index in [-0.39, 0.29) is 25.0 Å². The van der Waals surface area contributed by atoms with E-state index in [1.165, 1.54) is 24.3 Å². The number of hydrogen-bond donors (Lipinski definition) is 2. The number of ether oxygens (including phenoxy) is 1. The first-order valence-electron chi connectivity index (χ1n) is 10.3. The average Bonchev–Trinajstić information content (AvgIpc) is 2.81. The Morgan fingerprint density at radius 2 is 1.75 bits per heavy atom. The molecule has 7 heteroatoms. The van der Waals surface area contributed by atoms with Crippen molar-refractivity contribution in [2.24, 2.45) is 0 Å². The second-order valence-corrected chi connectivity index (χ2v) is 7.62. The van der Waals surface area contributed by atoms with Crippen LogP contribution in [0.4, 0.5) is 10.1 Å². The lowest BCUT2D eigenvalue weighted by atomic mass is 9.99. The minimum absolute atomic E-state index is 0.00952. The summed E-state index contributed by atoms with van der Waals surface area (Å²) in [5.74, 6) is -0.947. The van der Waals surface area contributed by atoms with Gasteiger partial charge in [0.05, 0.1) is 12.6 Å². The Morgan fingerprint density at radius 3 is 2.44 bits per heavy atom. The fourth-order valence-electron chi connectivity index (χ4n) is 3.66. The van der Waals surface area contributed by atoms with Crippen LogP contribution in [0.1, 0.15) is 27.6 Å². The van der Waals surface area contributed by atoms with Gasteiger partial charge in [-0.1, -0.05) is 42.5 Å². The minimum atomic E-state index is -0.954. The number of aliphatic hydroxyl groups is 1. The molecule has 6 nitrogen and oxygen atoms in total. The topological polar surface area (TPSA) is 78.9 Å². The van der Waals surface area contributed by atoms with Crippen molar-refractivity contribution < 1.29 is 23.8 Å². The van der Waals surface area contributed by atoms with Crippen LogP contribution in [0.15, 0.2) is 78.9 Å². The van der Waals surface area contributed by atoms with Gasteiger partial charge in [0.1, 0.15) is 18.5 Å². The summed E-state index contributed by atoms with van der Waals surface area (Å²) in [6.45, 7) is 0.601. The molecule has 3 aromatic carbocycles. The van der Waals surface area contributed by atoms with Crippen molar-refractivity contribution in [3.05, 3.63) is 101 Å². The number of nitrogens with zero attached hydrogens (tertiary/aromatic N) is 1. The Balaban J connectivity index is 1.45. The number of aliphatic hydroxyl groups excluding tert-OH is 1. The van der Waals surface area contributed by atoms with E-state index >= 15 is 0 Å². The molecule has 3 aromatic rings. The molecule has 32 heavy (non-hydrogen) atoms. The summed E-state index contributed by atoms with van der Waals surface area (Å²) in [7, 11) is 0. The summed E-state index contributed by atoms with van der Waals surface area (Å²) < 4.78 is 18.4. The van der Waals surface area contributed by atoms with Crippen molar-refractivity contribution >= 4 is 17.5 Å². The van der Waals surface area contributed by atoms with Crippen LogP contribution in [-0.2, 0) is 16.1 Å². The van der Waals surface area contributed by atoms with Crippen molar-refractivity contribution in [1.29, 1.82) is 0 Å². The second-order valence-electron chi connectivity index (χ2n) is 7.62. The minimum Gasteiger partial charge on any atom is -0.386 e. The van der Waals surface area contributed by atoms with Crippen LogP contribution in [-0.4, -0.2) is 41.1 Å². The van der Waals surface area contributed by atoms with Crippen molar-refractivity contribution in [3.8, 4) is 0 Å². The van der Waals surface area contributed by atoms with Gasteiger partial charge in [-0.2, -0.15) is 0 Å². The van der Waals surface area contributed by atoms with Crippen molar-refractivity contribution in [2.75, 3.05) is 18.5 Å². The number of rotatable bonds is 6. The smallest absolute Gasteiger partial charge is 0.255 e. The fourth-order valence-corrected chi connectivity index (χ4v) is 3.66. The number of amides is 2. The molecule has 1 heterocycles. The molecule has 0 saturated carbocycles. The van der Waals surface area contributed by atoms with E-state index < -0.39 is 18.0 Å². The van der Waals surface area contributed by atoms with Crippen LogP contribution in [0, 0.1) is 5.82 Å². The van der Waals surface area contributed by atoms with Gasteiger partial charge in [-0.15, -0.1) is 0 Å². The number of carbonyl (C=O) groups is 2. The monoisotopic (exact) mass is 434 g/mol. The number of morpholine rings is 1. The largest absolute Gasteiger partial charge is 0.386 e. The molecule has 2 N–H and O–H groups in total. The van der Waals surface area contributed by atoms with Gasteiger partial charge >= 0.3 is 0 Å². The van der Waals surface area contributed by atoms with E-state index in [0.29, 0.717) is 23.4 Å². The van der Waals surface area contributed by atoms with Gasteiger partial charge in [0.15, 0.2) is 0 Å². The third-order valence-electron chi connectivity index (χ3n) is 5.41. The summed E-state index contributed by atoms with van der Waals surface area (Å²) >= 11 is 0. The number of halogens is 1.